The van der Waals surface area contributed by atoms with E-state index in [1.54, 1.807) is 6.20 Å². The Hall–Kier alpha value is -2.44. The number of nitrogens with zero attached hydrogens (tertiary/aromatic N) is 3. The van der Waals surface area contributed by atoms with Crippen molar-refractivity contribution >= 4 is 11.5 Å². The number of hydrogen-bond acceptors (Lipinski definition) is 5. The van der Waals surface area contributed by atoms with Gasteiger partial charge in [-0.1, -0.05) is 12.1 Å². The Kier molecular flexibility index (Phi) is 3.81. The lowest BCUT2D eigenvalue weighted by atomic mass is 10.1. The molecule has 0 aliphatic heterocycles. The van der Waals surface area contributed by atoms with Crippen LogP contribution < -0.4 is 5.32 Å². The van der Waals surface area contributed by atoms with E-state index < -0.39 is 6.10 Å². The van der Waals surface area contributed by atoms with E-state index in [0.29, 0.717) is 12.3 Å². The van der Waals surface area contributed by atoms with E-state index in [4.69, 9.17) is 5.11 Å². The van der Waals surface area contributed by atoms with Gasteiger partial charge in [0.2, 0.25) is 5.78 Å². The Morgan fingerprint density at radius 2 is 2.05 bits per heavy atom. The number of imidazole rings is 1. The number of nitrogens with one attached hydrogen (secondary N) is 1. The Morgan fingerprint density at radius 3 is 2.76 bits per heavy atom. The molecule has 0 saturated heterocycles. The molecule has 0 amide bonds. The normalized spacial score (nSPS) is 12.5. The molecule has 108 valence electrons. The highest BCUT2D eigenvalue weighted by Crippen LogP contribution is 2.20. The van der Waals surface area contributed by atoms with Crippen LogP contribution in [-0.2, 0) is 0 Å². The zero-order valence-corrected chi connectivity index (χ0v) is 11.3. The molecular formula is C15H16N4O2. The van der Waals surface area contributed by atoms with E-state index in [9.17, 15) is 5.11 Å². The predicted molar refractivity (Wildman–Crippen MR) is 80.0 cm³/mol. The van der Waals surface area contributed by atoms with Crippen LogP contribution in [-0.4, -0.2) is 43.8 Å². The molecule has 0 saturated carbocycles. The fraction of sp³-hybridized carbons (Fsp3) is 0.200. The predicted octanol–water partition coefficient (Wildman–Crippen LogP) is 1.16. The average molecular weight is 284 g/mol. The van der Waals surface area contributed by atoms with E-state index in [-0.39, 0.29) is 6.61 Å². The fourth-order valence-corrected chi connectivity index (χ4v) is 2.03. The minimum Gasteiger partial charge on any atom is -0.394 e. The molecule has 1 aromatic carbocycles. The second-order valence-corrected chi connectivity index (χ2v) is 4.75. The molecule has 0 aliphatic carbocycles. The lowest BCUT2D eigenvalue weighted by molar-refractivity contribution is 0.105. The zero-order chi connectivity index (χ0) is 14.7. The molecule has 0 bridgehead atoms. The maximum Gasteiger partial charge on any atom is 0.234 e. The Bertz CT molecular complexity index is 691. The molecule has 6 heteroatoms. The summed E-state index contributed by atoms with van der Waals surface area (Å²) < 4.78 is 1.87. The van der Waals surface area contributed by atoms with Crippen molar-refractivity contribution in [1.82, 2.24) is 14.4 Å². The van der Waals surface area contributed by atoms with Gasteiger partial charge in [0.1, 0.15) is 0 Å². The average Bonchev–Trinajstić information content (AvgIpc) is 2.97. The van der Waals surface area contributed by atoms with Crippen LogP contribution in [0.15, 0.2) is 48.9 Å². The van der Waals surface area contributed by atoms with Gasteiger partial charge in [0.15, 0.2) is 0 Å². The van der Waals surface area contributed by atoms with Gasteiger partial charge in [-0.05, 0) is 18.2 Å². The van der Waals surface area contributed by atoms with E-state index in [1.807, 2.05) is 47.1 Å². The molecule has 0 radical (unpaired) electrons. The van der Waals surface area contributed by atoms with E-state index >= 15 is 0 Å². The van der Waals surface area contributed by atoms with Crippen molar-refractivity contribution in [2.75, 3.05) is 18.5 Å². The van der Waals surface area contributed by atoms with Gasteiger partial charge in [0.25, 0.3) is 0 Å². The van der Waals surface area contributed by atoms with Crippen LogP contribution >= 0.6 is 0 Å². The number of aliphatic hydroxyl groups excluding tert-OH is 2. The third-order valence-electron chi connectivity index (χ3n) is 3.17. The van der Waals surface area contributed by atoms with Crippen LogP contribution in [0.2, 0.25) is 0 Å². The molecular weight excluding hydrogens is 268 g/mol. The maximum absolute atomic E-state index is 9.30. The van der Waals surface area contributed by atoms with Crippen LogP contribution in [0.1, 0.15) is 0 Å². The van der Waals surface area contributed by atoms with E-state index in [2.05, 4.69) is 15.3 Å². The summed E-state index contributed by atoms with van der Waals surface area (Å²) in [7, 11) is 0. The first-order chi connectivity index (χ1) is 10.3. The minimum absolute atomic E-state index is 0.251. The highest BCUT2D eigenvalue weighted by atomic mass is 16.3. The summed E-state index contributed by atoms with van der Waals surface area (Å²) >= 11 is 0. The number of rotatable bonds is 5. The lowest BCUT2D eigenvalue weighted by Crippen LogP contribution is -2.22. The Morgan fingerprint density at radius 1 is 1.24 bits per heavy atom. The van der Waals surface area contributed by atoms with Gasteiger partial charge in [0.05, 0.1) is 18.4 Å². The lowest BCUT2D eigenvalue weighted by Gasteiger charge is -2.10. The standard InChI is InChI=1S/C15H16N4O2/c20-10-13(21)8-17-12-4-2-11(3-5-12)14-9-19-7-1-6-16-15(19)18-14/h1-7,9,13,17,20-21H,8,10H2. The number of anilines is 1. The van der Waals surface area contributed by atoms with Crippen molar-refractivity contribution in [2.24, 2.45) is 0 Å². The van der Waals surface area contributed by atoms with Crippen LogP contribution in [0.25, 0.3) is 17.0 Å². The summed E-state index contributed by atoms with van der Waals surface area (Å²) in [6.45, 7) is 0.0630. The molecule has 0 spiro atoms. The molecule has 1 unspecified atom stereocenters. The molecule has 2 aromatic heterocycles. The summed E-state index contributed by atoms with van der Waals surface area (Å²) in [5.41, 5.74) is 2.73. The Balaban J connectivity index is 1.77. The molecule has 3 rings (SSSR count). The molecule has 0 aliphatic rings. The van der Waals surface area contributed by atoms with Gasteiger partial charge < -0.3 is 15.5 Å². The Labute approximate surface area is 121 Å². The van der Waals surface area contributed by atoms with Gasteiger partial charge in [-0.15, -0.1) is 0 Å². The van der Waals surface area contributed by atoms with Crippen molar-refractivity contribution in [3.05, 3.63) is 48.9 Å². The largest absolute Gasteiger partial charge is 0.394 e. The van der Waals surface area contributed by atoms with Gasteiger partial charge in [-0.3, -0.25) is 4.40 Å². The number of benzene rings is 1. The molecule has 6 nitrogen and oxygen atoms in total. The SMILES string of the molecule is OCC(O)CNc1ccc(-c2cn3cccnc3n2)cc1. The van der Waals surface area contributed by atoms with Gasteiger partial charge in [0, 0.05) is 36.4 Å². The van der Waals surface area contributed by atoms with Crippen molar-refractivity contribution < 1.29 is 10.2 Å². The number of aliphatic hydroxyl groups is 2. The third kappa shape index (κ3) is 3.01. The van der Waals surface area contributed by atoms with Crippen molar-refractivity contribution in [2.45, 2.75) is 6.10 Å². The van der Waals surface area contributed by atoms with Crippen LogP contribution in [0.4, 0.5) is 5.69 Å². The first-order valence-corrected chi connectivity index (χ1v) is 6.69. The highest BCUT2D eigenvalue weighted by Gasteiger charge is 2.05. The van der Waals surface area contributed by atoms with Crippen molar-refractivity contribution in [3.8, 4) is 11.3 Å². The molecule has 2 heterocycles. The number of fused-ring (bicyclic) bond motifs is 1. The monoisotopic (exact) mass is 284 g/mol. The molecule has 3 aromatic rings. The third-order valence-corrected chi connectivity index (χ3v) is 3.17. The summed E-state index contributed by atoms with van der Waals surface area (Å²) in [6, 6.07) is 9.59. The molecule has 0 fully saturated rings. The van der Waals surface area contributed by atoms with Gasteiger partial charge in [-0.2, -0.15) is 0 Å². The maximum atomic E-state index is 9.30. The van der Waals surface area contributed by atoms with E-state index in [1.165, 1.54) is 0 Å². The smallest absolute Gasteiger partial charge is 0.234 e. The van der Waals surface area contributed by atoms with Crippen LogP contribution in [0.5, 0.6) is 0 Å². The molecule has 1 atom stereocenters. The topological polar surface area (TPSA) is 82.7 Å². The fourth-order valence-electron chi connectivity index (χ4n) is 2.03. The minimum atomic E-state index is -0.755. The summed E-state index contributed by atoms with van der Waals surface area (Å²) in [4.78, 5) is 8.65. The zero-order valence-electron chi connectivity index (χ0n) is 11.3. The number of aromatic nitrogens is 3. The molecule has 21 heavy (non-hydrogen) atoms. The summed E-state index contributed by atoms with van der Waals surface area (Å²) in [5.74, 6) is 0.667. The second kappa shape index (κ2) is 5.90. The summed E-state index contributed by atoms with van der Waals surface area (Å²) in [6.07, 6.45) is 4.80. The molecule has 3 N–H and O–H groups in total. The quantitative estimate of drug-likeness (QED) is 0.655. The van der Waals surface area contributed by atoms with Crippen molar-refractivity contribution in [3.63, 3.8) is 0 Å². The van der Waals surface area contributed by atoms with Crippen LogP contribution in [0, 0.1) is 0 Å². The van der Waals surface area contributed by atoms with Gasteiger partial charge in [-0.25, -0.2) is 9.97 Å². The van der Waals surface area contributed by atoms with Gasteiger partial charge >= 0.3 is 0 Å². The van der Waals surface area contributed by atoms with E-state index in [0.717, 1.165) is 16.9 Å². The summed E-state index contributed by atoms with van der Waals surface area (Å²) in [5, 5.41) is 21.1. The highest BCUT2D eigenvalue weighted by molar-refractivity contribution is 5.64. The van der Waals surface area contributed by atoms with Crippen LogP contribution in [0.3, 0.4) is 0 Å². The first kappa shape index (κ1) is 13.5. The second-order valence-electron chi connectivity index (χ2n) is 4.75. The van der Waals surface area contributed by atoms with Crippen molar-refractivity contribution in [1.29, 1.82) is 0 Å². The first-order valence-electron chi connectivity index (χ1n) is 6.69. The number of hydrogen-bond donors (Lipinski definition) is 3.